The summed E-state index contributed by atoms with van der Waals surface area (Å²) >= 11 is 1.42. The van der Waals surface area contributed by atoms with Crippen LogP contribution >= 0.6 is 11.8 Å². The van der Waals surface area contributed by atoms with E-state index in [1.807, 2.05) is 19.2 Å². The normalized spacial score (nSPS) is 12.4. The number of hydrogen-bond donors (Lipinski definition) is 1. The van der Waals surface area contributed by atoms with Crippen molar-refractivity contribution in [3.05, 3.63) is 53.4 Å². The van der Waals surface area contributed by atoms with Crippen LogP contribution in [0.4, 0.5) is 4.39 Å². The fourth-order valence-corrected chi connectivity index (χ4v) is 2.94. The van der Waals surface area contributed by atoms with Gasteiger partial charge in [0.1, 0.15) is 11.6 Å². The number of halogens is 1. The maximum Gasteiger partial charge on any atom is 0.138 e. The van der Waals surface area contributed by atoms with Crippen LogP contribution in [-0.2, 0) is 5.75 Å². The Labute approximate surface area is 129 Å². The molecular formula is C16H20FN3S. The van der Waals surface area contributed by atoms with Crippen molar-refractivity contribution >= 4 is 11.8 Å². The summed E-state index contributed by atoms with van der Waals surface area (Å²) in [5.74, 6) is 1.10. The molecule has 0 aliphatic heterocycles. The fourth-order valence-electron chi connectivity index (χ4n) is 2.14. The predicted octanol–water partition coefficient (Wildman–Crippen LogP) is 3.89. The number of hydrogen-bond acceptors (Lipinski definition) is 4. The molecule has 0 fully saturated rings. The van der Waals surface area contributed by atoms with Gasteiger partial charge in [-0.15, -0.1) is 11.8 Å². The zero-order valence-electron chi connectivity index (χ0n) is 12.6. The molecule has 21 heavy (non-hydrogen) atoms. The van der Waals surface area contributed by atoms with Crippen molar-refractivity contribution in [2.45, 2.75) is 37.5 Å². The van der Waals surface area contributed by atoms with Crippen LogP contribution in [0.25, 0.3) is 0 Å². The molecule has 1 atom stereocenters. The largest absolute Gasteiger partial charge is 0.310 e. The lowest BCUT2D eigenvalue weighted by Crippen LogP contribution is -2.19. The third-order valence-corrected chi connectivity index (χ3v) is 4.28. The molecule has 0 aliphatic rings. The Bertz CT molecular complexity index is 604. The number of aryl methyl sites for hydroxylation is 1. The van der Waals surface area contributed by atoms with E-state index in [9.17, 15) is 4.39 Å². The maximum absolute atomic E-state index is 13.6. The molecule has 0 aliphatic carbocycles. The number of thioether (sulfide) groups is 1. The van der Waals surface area contributed by atoms with Crippen LogP contribution in [-0.4, -0.2) is 16.5 Å². The van der Waals surface area contributed by atoms with Gasteiger partial charge in [0.05, 0.1) is 5.75 Å². The highest BCUT2D eigenvalue weighted by Gasteiger charge is 2.10. The van der Waals surface area contributed by atoms with Gasteiger partial charge in [-0.1, -0.05) is 19.1 Å². The van der Waals surface area contributed by atoms with Crippen LogP contribution in [0.1, 0.15) is 37.0 Å². The molecule has 3 nitrogen and oxygen atoms in total. The molecule has 2 rings (SSSR count). The van der Waals surface area contributed by atoms with Crippen molar-refractivity contribution in [2.75, 3.05) is 6.54 Å². The second-order valence-electron chi connectivity index (χ2n) is 4.83. The van der Waals surface area contributed by atoms with Gasteiger partial charge in [0.2, 0.25) is 0 Å². The van der Waals surface area contributed by atoms with Gasteiger partial charge in [-0.3, -0.25) is 0 Å². The molecule has 112 valence electrons. The van der Waals surface area contributed by atoms with Crippen molar-refractivity contribution in [3.8, 4) is 0 Å². The van der Waals surface area contributed by atoms with Gasteiger partial charge in [-0.25, -0.2) is 14.4 Å². The molecule has 1 aromatic carbocycles. The van der Waals surface area contributed by atoms with Gasteiger partial charge in [0, 0.05) is 28.4 Å². The summed E-state index contributed by atoms with van der Waals surface area (Å²) < 4.78 is 13.6. The minimum absolute atomic E-state index is 0.198. The summed E-state index contributed by atoms with van der Waals surface area (Å²) in [6.45, 7) is 7.07. The van der Waals surface area contributed by atoms with Gasteiger partial charge in [0.25, 0.3) is 0 Å². The Morgan fingerprint density at radius 3 is 2.76 bits per heavy atom. The molecule has 5 heteroatoms. The van der Waals surface area contributed by atoms with Crippen LogP contribution < -0.4 is 5.32 Å². The summed E-state index contributed by atoms with van der Waals surface area (Å²) in [5.41, 5.74) is 2.08. The Hall–Kier alpha value is -1.46. The van der Waals surface area contributed by atoms with Crippen LogP contribution in [0.5, 0.6) is 0 Å². The molecule has 0 radical (unpaired) electrons. The van der Waals surface area contributed by atoms with E-state index in [1.54, 1.807) is 12.1 Å². The molecule has 1 aromatic heterocycles. The first-order valence-electron chi connectivity index (χ1n) is 7.05. The minimum Gasteiger partial charge on any atom is -0.310 e. The van der Waals surface area contributed by atoms with Crippen LogP contribution in [0.15, 0.2) is 35.4 Å². The highest BCUT2D eigenvalue weighted by molar-refractivity contribution is 7.98. The first-order chi connectivity index (χ1) is 10.1. The third kappa shape index (κ3) is 4.25. The van der Waals surface area contributed by atoms with E-state index in [1.165, 1.54) is 17.8 Å². The molecule has 0 bridgehead atoms. The van der Waals surface area contributed by atoms with Crippen LogP contribution in [0.3, 0.4) is 0 Å². The topological polar surface area (TPSA) is 37.8 Å². The molecule has 1 unspecified atom stereocenters. The molecule has 0 saturated carbocycles. The highest BCUT2D eigenvalue weighted by atomic mass is 32.2. The predicted molar refractivity (Wildman–Crippen MR) is 84.8 cm³/mol. The zero-order valence-corrected chi connectivity index (χ0v) is 13.4. The first kappa shape index (κ1) is 15.9. The van der Waals surface area contributed by atoms with Crippen LogP contribution in [0.2, 0.25) is 0 Å². The second-order valence-corrected chi connectivity index (χ2v) is 5.84. The maximum atomic E-state index is 13.6. The molecule has 1 heterocycles. The van der Waals surface area contributed by atoms with E-state index in [2.05, 4.69) is 29.1 Å². The number of nitrogens with zero attached hydrogens (tertiary/aromatic N) is 2. The molecule has 0 saturated heterocycles. The number of aromatic nitrogens is 2. The van der Waals surface area contributed by atoms with Crippen molar-refractivity contribution < 1.29 is 4.39 Å². The van der Waals surface area contributed by atoms with Gasteiger partial charge in [0.15, 0.2) is 0 Å². The van der Waals surface area contributed by atoms with Gasteiger partial charge < -0.3 is 5.32 Å². The molecular weight excluding hydrogens is 285 g/mol. The lowest BCUT2D eigenvalue weighted by atomic mass is 10.1. The van der Waals surface area contributed by atoms with E-state index >= 15 is 0 Å². The van der Waals surface area contributed by atoms with Crippen molar-refractivity contribution in [2.24, 2.45) is 0 Å². The quantitative estimate of drug-likeness (QED) is 0.822. The smallest absolute Gasteiger partial charge is 0.138 e. The van der Waals surface area contributed by atoms with E-state index in [-0.39, 0.29) is 11.9 Å². The standard InChI is InChI=1S/C16H20FN3S/c1-4-18-11(2)13-9-19-16(20-12(13)3)10-21-15-8-6-5-7-14(15)17/h5-9,11,18H,4,10H2,1-3H3. The van der Waals surface area contributed by atoms with Crippen molar-refractivity contribution in [1.29, 1.82) is 0 Å². The van der Waals surface area contributed by atoms with E-state index in [0.717, 1.165) is 23.6 Å². The molecule has 0 amide bonds. The third-order valence-electron chi connectivity index (χ3n) is 3.24. The summed E-state index contributed by atoms with van der Waals surface area (Å²) in [6.07, 6.45) is 1.87. The monoisotopic (exact) mass is 305 g/mol. The van der Waals surface area contributed by atoms with E-state index in [0.29, 0.717) is 10.6 Å². The summed E-state index contributed by atoms with van der Waals surface area (Å²) in [4.78, 5) is 9.55. The highest BCUT2D eigenvalue weighted by Crippen LogP contribution is 2.24. The zero-order chi connectivity index (χ0) is 15.2. The number of rotatable bonds is 6. The van der Waals surface area contributed by atoms with E-state index < -0.39 is 0 Å². The summed E-state index contributed by atoms with van der Waals surface area (Å²) in [5, 5.41) is 3.35. The van der Waals surface area contributed by atoms with Gasteiger partial charge in [-0.05, 0) is 32.5 Å². The van der Waals surface area contributed by atoms with Gasteiger partial charge >= 0.3 is 0 Å². The summed E-state index contributed by atoms with van der Waals surface area (Å²) in [7, 11) is 0. The van der Waals surface area contributed by atoms with Gasteiger partial charge in [-0.2, -0.15) is 0 Å². The lowest BCUT2D eigenvalue weighted by molar-refractivity contribution is 0.589. The number of nitrogens with one attached hydrogen (secondary N) is 1. The van der Waals surface area contributed by atoms with E-state index in [4.69, 9.17) is 0 Å². The van der Waals surface area contributed by atoms with Crippen molar-refractivity contribution in [3.63, 3.8) is 0 Å². The lowest BCUT2D eigenvalue weighted by Gasteiger charge is -2.14. The Morgan fingerprint density at radius 2 is 2.10 bits per heavy atom. The second kappa shape index (κ2) is 7.52. The molecule has 0 spiro atoms. The average Bonchev–Trinajstić information content (AvgIpc) is 2.46. The van der Waals surface area contributed by atoms with Crippen LogP contribution in [0, 0.1) is 12.7 Å². The Balaban J connectivity index is 2.05. The van der Waals surface area contributed by atoms with Crippen molar-refractivity contribution in [1.82, 2.24) is 15.3 Å². The molecule has 1 N–H and O–H groups in total. The first-order valence-corrected chi connectivity index (χ1v) is 8.03. The Morgan fingerprint density at radius 1 is 1.33 bits per heavy atom. The molecule has 2 aromatic rings. The average molecular weight is 305 g/mol. The Kier molecular flexibility index (Phi) is 5.70. The number of benzene rings is 1. The SMILES string of the molecule is CCNC(C)c1cnc(CSc2ccccc2F)nc1C. The minimum atomic E-state index is -0.198. The fraction of sp³-hybridized carbons (Fsp3) is 0.375. The summed E-state index contributed by atoms with van der Waals surface area (Å²) in [6, 6.07) is 7.00.